The van der Waals surface area contributed by atoms with Crippen molar-refractivity contribution in [1.82, 2.24) is 5.06 Å². The van der Waals surface area contributed by atoms with Crippen molar-refractivity contribution in [3.63, 3.8) is 0 Å². The van der Waals surface area contributed by atoms with E-state index in [0.29, 0.717) is 0 Å². The number of piperidine rings is 1. The predicted octanol–water partition coefficient (Wildman–Crippen LogP) is 1.73. The van der Waals surface area contributed by atoms with Gasteiger partial charge in [0.15, 0.2) is 0 Å². The summed E-state index contributed by atoms with van der Waals surface area (Å²) in [6.45, 7) is 2.94. The Balaban J connectivity index is 2.17. The maximum atomic E-state index is 11.8. The van der Waals surface area contributed by atoms with Gasteiger partial charge in [-0.15, -0.1) is 0 Å². The molecule has 2 saturated heterocycles. The van der Waals surface area contributed by atoms with Crippen molar-refractivity contribution in [3.8, 4) is 0 Å². The molecular weight excluding hydrogens is 274 g/mol. The standard InChI is InChI=1S/C11H18BrNO3/c1-7(12)10-9(11(14)15-2)8-5-3-4-6-13(8)16-10/h7-10H,3-6H2,1-2H3/t7-,8-,9+,10-/m1/s1. The molecule has 4 nitrogen and oxygen atoms in total. The zero-order valence-corrected chi connectivity index (χ0v) is 11.3. The monoisotopic (exact) mass is 291 g/mol. The zero-order valence-electron chi connectivity index (χ0n) is 9.69. The van der Waals surface area contributed by atoms with Crippen molar-refractivity contribution in [1.29, 1.82) is 0 Å². The Kier molecular flexibility index (Phi) is 3.87. The molecule has 2 rings (SSSR count). The summed E-state index contributed by atoms with van der Waals surface area (Å²) in [5, 5.41) is 1.98. The van der Waals surface area contributed by atoms with Gasteiger partial charge in [-0.25, -0.2) is 0 Å². The van der Waals surface area contributed by atoms with Crippen LogP contribution in [0.3, 0.4) is 0 Å². The maximum Gasteiger partial charge on any atom is 0.313 e. The van der Waals surface area contributed by atoms with Crippen LogP contribution >= 0.6 is 15.9 Å². The number of halogens is 1. The number of hydroxylamine groups is 2. The van der Waals surface area contributed by atoms with E-state index in [9.17, 15) is 4.79 Å². The molecule has 0 aliphatic carbocycles. The number of alkyl halides is 1. The van der Waals surface area contributed by atoms with Crippen molar-refractivity contribution in [2.24, 2.45) is 5.92 Å². The van der Waals surface area contributed by atoms with Gasteiger partial charge in [0.25, 0.3) is 0 Å². The fraction of sp³-hybridized carbons (Fsp3) is 0.909. The Morgan fingerprint density at radius 3 is 2.94 bits per heavy atom. The normalized spacial score (nSPS) is 36.8. The number of rotatable bonds is 2. The molecule has 0 spiro atoms. The van der Waals surface area contributed by atoms with Gasteiger partial charge in [-0.2, -0.15) is 5.06 Å². The number of hydrogen-bond donors (Lipinski definition) is 0. The lowest BCUT2D eigenvalue weighted by Crippen LogP contribution is -2.40. The smallest absolute Gasteiger partial charge is 0.313 e. The third-order valence-electron chi connectivity index (χ3n) is 3.45. The van der Waals surface area contributed by atoms with E-state index in [0.717, 1.165) is 19.4 Å². The zero-order chi connectivity index (χ0) is 11.7. The minimum atomic E-state index is -0.153. The molecule has 0 bridgehead atoms. The van der Waals surface area contributed by atoms with Gasteiger partial charge in [0.1, 0.15) is 12.0 Å². The molecule has 16 heavy (non-hydrogen) atoms. The van der Waals surface area contributed by atoms with Crippen molar-refractivity contribution < 1.29 is 14.4 Å². The van der Waals surface area contributed by atoms with E-state index in [1.165, 1.54) is 13.5 Å². The van der Waals surface area contributed by atoms with Gasteiger partial charge in [0, 0.05) is 11.4 Å². The number of carbonyl (C=O) groups excluding carboxylic acids is 1. The highest BCUT2D eigenvalue weighted by atomic mass is 79.9. The number of carbonyl (C=O) groups is 1. The number of fused-ring (bicyclic) bond motifs is 1. The van der Waals surface area contributed by atoms with Crippen LogP contribution in [0.15, 0.2) is 0 Å². The molecule has 2 fully saturated rings. The Hall–Kier alpha value is -0.130. The number of ether oxygens (including phenoxy) is 1. The van der Waals surface area contributed by atoms with E-state index in [1.54, 1.807) is 0 Å². The molecule has 0 amide bonds. The summed E-state index contributed by atoms with van der Waals surface area (Å²) in [5.41, 5.74) is 0. The van der Waals surface area contributed by atoms with Gasteiger partial charge in [0.2, 0.25) is 0 Å². The second-order valence-electron chi connectivity index (χ2n) is 4.50. The molecule has 92 valence electrons. The Morgan fingerprint density at radius 2 is 2.31 bits per heavy atom. The number of nitrogens with zero attached hydrogens (tertiary/aromatic N) is 1. The van der Waals surface area contributed by atoms with Crippen LogP contribution in [0.5, 0.6) is 0 Å². The fourth-order valence-electron chi connectivity index (χ4n) is 2.66. The first-order valence-electron chi connectivity index (χ1n) is 5.80. The fourth-order valence-corrected chi connectivity index (χ4v) is 3.08. The van der Waals surface area contributed by atoms with E-state index in [1.807, 2.05) is 12.0 Å². The summed E-state index contributed by atoms with van der Waals surface area (Å²) in [4.78, 5) is 17.8. The van der Waals surface area contributed by atoms with Crippen LogP contribution < -0.4 is 0 Å². The van der Waals surface area contributed by atoms with Gasteiger partial charge in [-0.1, -0.05) is 29.3 Å². The Morgan fingerprint density at radius 1 is 1.56 bits per heavy atom. The minimum Gasteiger partial charge on any atom is -0.469 e. The van der Waals surface area contributed by atoms with Crippen molar-refractivity contribution >= 4 is 21.9 Å². The van der Waals surface area contributed by atoms with Gasteiger partial charge >= 0.3 is 5.97 Å². The summed E-state index contributed by atoms with van der Waals surface area (Å²) >= 11 is 3.51. The van der Waals surface area contributed by atoms with Crippen molar-refractivity contribution in [2.45, 2.75) is 43.2 Å². The average Bonchev–Trinajstić information content (AvgIpc) is 2.67. The van der Waals surface area contributed by atoms with Crippen LogP contribution in [-0.2, 0) is 14.4 Å². The lowest BCUT2D eigenvalue weighted by molar-refractivity contribution is -0.170. The molecular formula is C11H18BrNO3. The van der Waals surface area contributed by atoms with Crippen LogP contribution in [-0.4, -0.2) is 41.7 Å². The summed E-state index contributed by atoms with van der Waals surface area (Å²) in [5.74, 6) is -0.301. The molecule has 0 aromatic rings. The Bertz CT molecular complexity index is 270. The largest absolute Gasteiger partial charge is 0.469 e. The molecule has 0 radical (unpaired) electrons. The lowest BCUT2D eigenvalue weighted by Gasteiger charge is -2.28. The second-order valence-corrected chi connectivity index (χ2v) is 5.94. The third-order valence-corrected chi connectivity index (χ3v) is 3.97. The van der Waals surface area contributed by atoms with Crippen molar-refractivity contribution in [2.75, 3.05) is 13.7 Å². The summed E-state index contributed by atoms with van der Waals surface area (Å²) in [7, 11) is 1.45. The SMILES string of the molecule is COC(=O)[C@@H]1[C@@H]([C@@H](C)Br)ON2CCCC[C@H]12. The van der Waals surface area contributed by atoms with Crippen LogP contribution in [0.1, 0.15) is 26.2 Å². The van der Waals surface area contributed by atoms with E-state index >= 15 is 0 Å². The highest BCUT2D eigenvalue weighted by molar-refractivity contribution is 9.09. The van der Waals surface area contributed by atoms with E-state index in [-0.39, 0.29) is 28.9 Å². The van der Waals surface area contributed by atoms with Gasteiger partial charge in [-0.05, 0) is 12.8 Å². The van der Waals surface area contributed by atoms with Gasteiger partial charge in [-0.3, -0.25) is 9.63 Å². The van der Waals surface area contributed by atoms with E-state index in [2.05, 4.69) is 15.9 Å². The first-order valence-corrected chi connectivity index (χ1v) is 6.72. The summed E-state index contributed by atoms with van der Waals surface area (Å²) in [6.07, 6.45) is 3.24. The molecule has 5 heteroatoms. The summed E-state index contributed by atoms with van der Waals surface area (Å²) in [6, 6.07) is 0.200. The number of methoxy groups -OCH3 is 1. The molecule has 4 atom stereocenters. The molecule has 0 saturated carbocycles. The second kappa shape index (κ2) is 5.02. The Labute approximate surface area is 104 Å². The summed E-state index contributed by atoms with van der Waals surface area (Å²) < 4.78 is 4.90. The number of hydrogen-bond acceptors (Lipinski definition) is 4. The topological polar surface area (TPSA) is 38.8 Å². The molecule has 2 aliphatic heterocycles. The van der Waals surface area contributed by atoms with Gasteiger partial charge < -0.3 is 4.74 Å². The van der Waals surface area contributed by atoms with Crippen LogP contribution in [0, 0.1) is 5.92 Å². The van der Waals surface area contributed by atoms with Gasteiger partial charge in [0.05, 0.1) is 13.2 Å². The molecule has 0 N–H and O–H groups in total. The van der Waals surface area contributed by atoms with E-state index < -0.39 is 0 Å². The molecule has 2 aliphatic rings. The number of esters is 1. The maximum absolute atomic E-state index is 11.8. The minimum absolute atomic E-state index is 0.101. The lowest BCUT2D eigenvalue weighted by atomic mass is 9.88. The predicted molar refractivity (Wildman–Crippen MR) is 63.1 cm³/mol. The molecule has 0 aromatic heterocycles. The average molecular weight is 292 g/mol. The van der Waals surface area contributed by atoms with Crippen LogP contribution in [0.4, 0.5) is 0 Å². The third kappa shape index (κ3) is 2.13. The quantitative estimate of drug-likeness (QED) is 0.574. The molecule has 0 aromatic carbocycles. The van der Waals surface area contributed by atoms with Crippen molar-refractivity contribution in [3.05, 3.63) is 0 Å². The first-order chi connectivity index (χ1) is 7.65. The molecule has 0 unspecified atom stereocenters. The highest BCUT2D eigenvalue weighted by Crippen LogP contribution is 2.37. The molecule has 2 heterocycles. The van der Waals surface area contributed by atoms with Crippen LogP contribution in [0.2, 0.25) is 0 Å². The first kappa shape index (κ1) is 12.3. The van der Waals surface area contributed by atoms with Crippen LogP contribution in [0.25, 0.3) is 0 Å². The highest BCUT2D eigenvalue weighted by Gasteiger charge is 2.50. The van der Waals surface area contributed by atoms with E-state index in [4.69, 9.17) is 9.57 Å².